The highest BCUT2D eigenvalue weighted by atomic mass is 35.5. The van der Waals surface area contributed by atoms with Gasteiger partial charge in [0, 0.05) is 0 Å². The molecule has 1 aliphatic heterocycles. The van der Waals surface area contributed by atoms with Gasteiger partial charge in [0.25, 0.3) is 0 Å². The van der Waals surface area contributed by atoms with E-state index in [1.807, 2.05) is 0 Å². The Kier molecular flexibility index (Phi) is 5.20. The number of carboxylic acid groups (broad SMARTS) is 1. The third-order valence-electron chi connectivity index (χ3n) is 2.07. The fraction of sp³-hybridized carbons (Fsp3) is 0.857. The van der Waals surface area contributed by atoms with E-state index in [9.17, 15) is 4.79 Å². The minimum atomic E-state index is -0.892. The van der Waals surface area contributed by atoms with Crippen LogP contribution in [0.15, 0.2) is 0 Å². The summed E-state index contributed by atoms with van der Waals surface area (Å²) in [6.07, 6.45) is 1.66. The molecule has 4 nitrogen and oxygen atoms in total. The summed E-state index contributed by atoms with van der Waals surface area (Å²) < 4.78 is 0. The van der Waals surface area contributed by atoms with Gasteiger partial charge in [0.2, 0.25) is 0 Å². The Bertz CT molecular complexity index is 148. The van der Waals surface area contributed by atoms with Gasteiger partial charge >= 0.3 is 5.97 Å². The van der Waals surface area contributed by atoms with Crippen LogP contribution in [-0.4, -0.2) is 30.2 Å². The van der Waals surface area contributed by atoms with Crippen LogP contribution in [-0.2, 0) is 4.79 Å². The van der Waals surface area contributed by atoms with Gasteiger partial charge in [0.1, 0.15) is 6.04 Å². The molecule has 2 atom stereocenters. The Labute approximate surface area is 77.9 Å². The minimum Gasteiger partial charge on any atom is -0.480 e. The van der Waals surface area contributed by atoms with E-state index in [1.54, 1.807) is 0 Å². The summed E-state index contributed by atoms with van der Waals surface area (Å²) in [4.78, 5) is 10.3. The van der Waals surface area contributed by atoms with E-state index in [0.717, 1.165) is 19.5 Å². The molecule has 0 aromatic heterocycles. The van der Waals surface area contributed by atoms with Gasteiger partial charge in [-0.15, -0.1) is 12.4 Å². The van der Waals surface area contributed by atoms with Gasteiger partial charge in [-0.2, -0.15) is 0 Å². The molecule has 1 unspecified atom stereocenters. The molecule has 1 aliphatic rings. The first kappa shape index (κ1) is 11.7. The van der Waals surface area contributed by atoms with Gasteiger partial charge in [-0.3, -0.25) is 4.79 Å². The Morgan fingerprint density at radius 3 is 2.83 bits per heavy atom. The third kappa shape index (κ3) is 3.38. The monoisotopic (exact) mass is 194 g/mol. The molecule has 1 rings (SSSR count). The van der Waals surface area contributed by atoms with Gasteiger partial charge in [-0.1, -0.05) is 0 Å². The number of aliphatic carboxylic acids is 1. The van der Waals surface area contributed by atoms with E-state index in [0.29, 0.717) is 12.3 Å². The molecular formula is C7H15ClN2O2. The molecule has 0 spiro atoms. The number of carbonyl (C=O) groups is 1. The van der Waals surface area contributed by atoms with E-state index in [2.05, 4.69) is 5.32 Å². The number of halogens is 1. The normalized spacial score (nSPS) is 24.6. The molecule has 5 heteroatoms. The van der Waals surface area contributed by atoms with Crippen LogP contribution in [0, 0.1) is 5.92 Å². The third-order valence-corrected chi connectivity index (χ3v) is 2.07. The van der Waals surface area contributed by atoms with Crippen LogP contribution in [0.1, 0.15) is 12.8 Å². The first-order chi connectivity index (χ1) is 5.20. The second kappa shape index (κ2) is 5.35. The summed E-state index contributed by atoms with van der Waals surface area (Å²) in [5.74, 6) is -0.432. The van der Waals surface area contributed by atoms with Gasteiger partial charge in [-0.05, 0) is 31.8 Å². The van der Waals surface area contributed by atoms with Crippen molar-refractivity contribution >= 4 is 18.4 Å². The van der Waals surface area contributed by atoms with Crippen molar-refractivity contribution in [1.29, 1.82) is 0 Å². The van der Waals surface area contributed by atoms with Crippen LogP contribution < -0.4 is 11.1 Å². The van der Waals surface area contributed by atoms with Crippen molar-refractivity contribution in [2.45, 2.75) is 18.9 Å². The summed E-state index contributed by atoms with van der Waals surface area (Å²) in [5, 5.41) is 11.7. The molecule has 0 saturated carbocycles. The van der Waals surface area contributed by atoms with Crippen LogP contribution in [0.2, 0.25) is 0 Å². The van der Waals surface area contributed by atoms with Crippen molar-refractivity contribution in [1.82, 2.24) is 5.32 Å². The maximum atomic E-state index is 10.3. The van der Waals surface area contributed by atoms with Crippen molar-refractivity contribution in [2.24, 2.45) is 11.7 Å². The molecule has 0 aromatic rings. The van der Waals surface area contributed by atoms with Gasteiger partial charge in [-0.25, -0.2) is 0 Å². The summed E-state index contributed by atoms with van der Waals surface area (Å²) in [6.45, 7) is 1.91. The lowest BCUT2D eigenvalue weighted by atomic mass is 10.00. The maximum absolute atomic E-state index is 10.3. The first-order valence-electron chi connectivity index (χ1n) is 3.89. The highest BCUT2D eigenvalue weighted by Gasteiger charge is 2.21. The standard InChI is InChI=1S/C7H14N2O2.ClH/c8-6(7(10)11)3-5-1-2-9-4-5;/h5-6,9H,1-4,8H2,(H,10,11);1H/t5?,6-;/m0./s1. The van der Waals surface area contributed by atoms with E-state index >= 15 is 0 Å². The van der Waals surface area contributed by atoms with Crippen LogP contribution in [0.5, 0.6) is 0 Å². The summed E-state index contributed by atoms with van der Waals surface area (Å²) >= 11 is 0. The zero-order chi connectivity index (χ0) is 8.27. The SMILES string of the molecule is Cl.N[C@@H](CC1CCNC1)C(=O)O. The first-order valence-corrected chi connectivity index (χ1v) is 3.89. The molecule has 1 heterocycles. The smallest absolute Gasteiger partial charge is 0.320 e. The second-order valence-corrected chi connectivity index (χ2v) is 3.04. The molecule has 0 aliphatic carbocycles. The number of hydrogen-bond donors (Lipinski definition) is 3. The number of nitrogens with one attached hydrogen (secondary N) is 1. The predicted molar refractivity (Wildman–Crippen MR) is 48.5 cm³/mol. The molecule has 4 N–H and O–H groups in total. The minimum absolute atomic E-state index is 0. The van der Waals surface area contributed by atoms with Gasteiger partial charge in [0.05, 0.1) is 0 Å². The van der Waals surface area contributed by atoms with Gasteiger partial charge < -0.3 is 16.2 Å². The lowest BCUT2D eigenvalue weighted by molar-refractivity contribution is -0.138. The zero-order valence-electron chi connectivity index (χ0n) is 6.82. The zero-order valence-corrected chi connectivity index (χ0v) is 7.64. The van der Waals surface area contributed by atoms with Crippen molar-refractivity contribution in [3.63, 3.8) is 0 Å². The van der Waals surface area contributed by atoms with Crippen molar-refractivity contribution < 1.29 is 9.90 Å². The van der Waals surface area contributed by atoms with Crippen LogP contribution in [0.3, 0.4) is 0 Å². The van der Waals surface area contributed by atoms with E-state index in [4.69, 9.17) is 10.8 Å². The number of hydrogen-bond acceptors (Lipinski definition) is 3. The van der Waals surface area contributed by atoms with Crippen molar-refractivity contribution in [3.05, 3.63) is 0 Å². The van der Waals surface area contributed by atoms with E-state index in [-0.39, 0.29) is 12.4 Å². The number of nitrogens with two attached hydrogens (primary N) is 1. The molecule has 0 amide bonds. The van der Waals surface area contributed by atoms with Crippen LogP contribution >= 0.6 is 12.4 Å². The summed E-state index contributed by atoms with van der Waals surface area (Å²) in [6, 6.07) is -0.681. The summed E-state index contributed by atoms with van der Waals surface area (Å²) in [7, 11) is 0. The number of rotatable bonds is 3. The van der Waals surface area contributed by atoms with Crippen LogP contribution in [0.4, 0.5) is 0 Å². The summed E-state index contributed by atoms with van der Waals surface area (Å²) in [5.41, 5.74) is 5.37. The highest BCUT2D eigenvalue weighted by molar-refractivity contribution is 5.85. The number of carboxylic acids is 1. The topological polar surface area (TPSA) is 75.3 Å². The Hall–Kier alpha value is -0.320. The lowest BCUT2D eigenvalue weighted by Crippen LogP contribution is -2.32. The average molecular weight is 195 g/mol. The Balaban J connectivity index is 0.00000121. The van der Waals surface area contributed by atoms with E-state index in [1.165, 1.54) is 0 Å². The largest absolute Gasteiger partial charge is 0.480 e. The molecule has 0 bridgehead atoms. The molecule has 12 heavy (non-hydrogen) atoms. The van der Waals surface area contributed by atoms with Gasteiger partial charge in [0.15, 0.2) is 0 Å². The maximum Gasteiger partial charge on any atom is 0.320 e. The molecule has 0 aromatic carbocycles. The highest BCUT2D eigenvalue weighted by Crippen LogP contribution is 2.13. The molecule has 1 saturated heterocycles. The molecule has 72 valence electrons. The second-order valence-electron chi connectivity index (χ2n) is 3.04. The van der Waals surface area contributed by atoms with Crippen molar-refractivity contribution in [2.75, 3.05) is 13.1 Å². The fourth-order valence-electron chi connectivity index (χ4n) is 1.38. The molecule has 0 radical (unpaired) electrons. The quantitative estimate of drug-likeness (QED) is 0.583. The Morgan fingerprint density at radius 1 is 1.75 bits per heavy atom. The lowest BCUT2D eigenvalue weighted by Gasteiger charge is -2.10. The average Bonchev–Trinajstić information content (AvgIpc) is 2.39. The molecular weight excluding hydrogens is 180 g/mol. The van der Waals surface area contributed by atoms with E-state index < -0.39 is 12.0 Å². The predicted octanol–water partition coefficient (Wildman–Crippen LogP) is -0.180. The van der Waals surface area contributed by atoms with Crippen molar-refractivity contribution in [3.8, 4) is 0 Å². The fourth-order valence-corrected chi connectivity index (χ4v) is 1.38. The van der Waals surface area contributed by atoms with Crippen LogP contribution in [0.25, 0.3) is 0 Å². The Morgan fingerprint density at radius 2 is 2.42 bits per heavy atom. The molecule has 1 fully saturated rings.